The Morgan fingerprint density at radius 2 is 2.33 bits per heavy atom. The lowest BCUT2D eigenvalue weighted by atomic mass is 10.4. The molecule has 0 aliphatic carbocycles. The van der Waals surface area contributed by atoms with E-state index in [0.717, 1.165) is 6.42 Å². The molecule has 0 saturated carbocycles. The first-order chi connectivity index (χ1) is 7.09. The molecule has 0 aromatic heterocycles. The Kier molecular flexibility index (Phi) is 4.94. The Morgan fingerprint density at radius 3 is 3.00 bits per heavy atom. The maximum Gasteiger partial charge on any atom is 0.239 e. The summed E-state index contributed by atoms with van der Waals surface area (Å²) in [6, 6.07) is 0. The average Bonchev–Trinajstić information content (AvgIpc) is 2.39. The second-order valence-corrected chi connectivity index (χ2v) is 5.44. The van der Waals surface area contributed by atoms with Crippen molar-refractivity contribution in [2.24, 2.45) is 0 Å². The molecule has 0 aromatic rings. The molecule has 86 valence electrons. The summed E-state index contributed by atoms with van der Waals surface area (Å²) in [6.07, 6.45) is 0.851. The Bertz CT molecular complexity index is 244. The lowest BCUT2D eigenvalue weighted by molar-refractivity contribution is -0.133. The van der Waals surface area contributed by atoms with Gasteiger partial charge in [-0.1, -0.05) is 13.8 Å². The summed E-state index contributed by atoms with van der Waals surface area (Å²) in [5.74, 6) is 0.506. The second-order valence-electron chi connectivity index (χ2n) is 3.88. The van der Waals surface area contributed by atoms with Crippen molar-refractivity contribution in [1.82, 2.24) is 10.2 Å². The van der Waals surface area contributed by atoms with Gasteiger partial charge in [-0.3, -0.25) is 9.59 Å². The van der Waals surface area contributed by atoms with Gasteiger partial charge >= 0.3 is 0 Å². The molecule has 1 fully saturated rings. The Balaban J connectivity index is 2.39. The van der Waals surface area contributed by atoms with E-state index in [4.69, 9.17) is 0 Å². The highest BCUT2D eigenvalue weighted by Crippen LogP contribution is 2.10. The van der Waals surface area contributed by atoms with E-state index in [1.807, 2.05) is 0 Å². The molecule has 15 heavy (non-hydrogen) atoms. The smallest absolute Gasteiger partial charge is 0.239 e. The molecule has 4 nitrogen and oxygen atoms in total. The molecule has 0 aromatic carbocycles. The number of carbonyl (C=O) groups is 2. The van der Waals surface area contributed by atoms with Crippen LogP contribution in [0.1, 0.15) is 20.3 Å². The van der Waals surface area contributed by atoms with Crippen LogP contribution in [0.25, 0.3) is 0 Å². The number of amides is 2. The highest BCUT2D eigenvalue weighted by atomic mass is 32.2. The number of nitrogens with one attached hydrogen (secondary N) is 1. The van der Waals surface area contributed by atoms with Gasteiger partial charge in [-0.2, -0.15) is 0 Å². The normalized spacial score (nSPS) is 17.5. The molecule has 1 rings (SSSR count). The van der Waals surface area contributed by atoms with Crippen LogP contribution in [0.15, 0.2) is 0 Å². The first kappa shape index (κ1) is 12.4. The predicted octanol–water partition coefficient (Wildman–Crippen LogP) is 0.476. The van der Waals surface area contributed by atoms with Crippen LogP contribution in [-0.2, 0) is 9.59 Å². The van der Waals surface area contributed by atoms with Gasteiger partial charge in [-0.15, -0.1) is 11.8 Å². The number of hydrogen-bond donors (Lipinski definition) is 1. The Morgan fingerprint density at radius 1 is 1.60 bits per heavy atom. The molecule has 2 amide bonds. The molecule has 1 aliphatic heterocycles. The van der Waals surface area contributed by atoms with Crippen LogP contribution >= 0.6 is 11.8 Å². The maximum atomic E-state index is 11.7. The van der Waals surface area contributed by atoms with E-state index in [1.54, 1.807) is 16.7 Å². The van der Waals surface area contributed by atoms with E-state index in [9.17, 15) is 9.59 Å². The zero-order chi connectivity index (χ0) is 11.3. The Labute approximate surface area is 94.8 Å². The van der Waals surface area contributed by atoms with Gasteiger partial charge in [-0.25, -0.2) is 0 Å². The van der Waals surface area contributed by atoms with Gasteiger partial charge in [0.1, 0.15) is 0 Å². The second kappa shape index (κ2) is 6.00. The lowest BCUT2D eigenvalue weighted by Crippen LogP contribution is -2.38. The third-order valence-electron chi connectivity index (χ3n) is 2.15. The van der Waals surface area contributed by atoms with Crippen LogP contribution in [0.3, 0.4) is 0 Å². The van der Waals surface area contributed by atoms with E-state index in [2.05, 4.69) is 19.2 Å². The monoisotopic (exact) mass is 230 g/mol. The quantitative estimate of drug-likeness (QED) is 0.767. The van der Waals surface area contributed by atoms with Gasteiger partial charge in [0.15, 0.2) is 0 Å². The summed E-state index contributed by atoms with van der Waals surface area (Å²) in [5, 5.41) is 3.21. The minimum Gasteiger partial charge on any atom is -0.354 e. The summed E-state index contributed by atoms with van der Waals surface area (Å²) in [7, 11) is 0. The van der Waals surface area contributed by atoms with E-state index < -0.39 is 0 Å². The molecule has 0 radical (unpaired) electrons. The van der Waals surface area contributed by atoms with Crippen molar-refractivity contribution in [3.8, 4) is 0 Å². The predicted molar refractivity (Wildman–Crippen MR) is 61.8 cm³/mol. The van der Waals surface area contributed by atoms with Crippen LogP contribution < -0.4 is 5.32 Å². The minimum atomic E-state index is -0.0459. The lowest BCUT2D eigenvalue weighted by Gasteiger charge is -2.19. The third-order valence-corrected chi connectivity index (χ3v) is 3.23. The van der Waals surface area contributed by atoms with Crippen LogP contribution in [0.2, 0.25) is 0 Å². The summed E-state index contributed by atoms with van der Waals surface area (Å²) in [6.45, 7) is 5.72. The van der Waals surface area contributed by atoms with Gasteiger partial charge in [0, 0.05) is 13.1 Å². The van der Waals surface area contributed by atoms with Crippen molar-refractivity contribution in [3.05, 3.63) is 0 Å². The number of nitrogens with zero attached hydrogens (tertiary/aromatic N) is 1. The van der Waals surface area contributed by atoms with Gasteiger partial charge in [0.2, 0.25) is 11.8 Å². The third kappa shape index (κ3) is 4.55. The highest BCUT2D eigenvalue weighted by Gasteiger charge is 2.19. The van der Waals surface area contributed by atoms with E-state index in [-0.39, 0.29) is 18.4 Å². The number of thioether (sulfide) groups is 1. The molecule has 1 saturated heterocycles. The molecule has 0 atom stereocenters. The zero-order valence-corrected chi connectivity index (χ0v) is 10.1. The standard InChI is InChI=1S/C10H18N2O2S/c1-8(2)15-7-10(14)12-5-3-4-11-9(13)6-12/h8H,3-7H2,1-2H3,(H,11,13). The van der Waals surface area contributed by atoms with Crippen LogP contribution in [-0.4, -0.2) is 47.4 Å². The van der Waals surface area contributed by atoms with Crippen molar-refractivity contribution in [3.63, 3.8) is 0 Å². The summed E-state index contributed by atoms with van der Waals surface area (Å²) < 4.78 is 0. The molecule has 0 spiro atoms. The fourth-order valence-corrected chi connectivity index (χ4v) is 2.01. The SMILES string of the molecule is CC(C)SCC(=O)N1CCCNC(=O)C1. The van der Waals surface area contributed by atoms with Crippen molar-refractivity contribution in [2.45, 2.75) is 25.5 Å². The largest absolute Gasteiger partial charge is 0.354 e. The van der Waals surface area contributed by atoms with Gasteiger partial charge < -0.3 is 10.2 Å². The average molecular weight is 230 g/mol. The van der Waals surface area contributed by atoms with E-state index >= 15 is 0 Å². The van der Waals surface area contributed by atoms with Gasteiger partial charge in [0.25, 0.3) is 0 Å². The van der Waals surface area contributed by atoms with Crippen LogP contribution in [0, 0.1) is 0 Å². The van der Waals surface area contributed by atoms with Crippen LogP contribution in [0.4, 0.5) is 0 Å². The first-order valence-corrected chi connectivity index (χ1v) is 6.30. The summed E-state index contributed by atoms with van der Waals surface area (Å²) >= 11 is 1.62. The van der Waals surface area contributed by atoms with Crippen molar-refractivity contribution >= 4 is 23.6 Å². The molecular formula is C10H18N2O2S. The van der Waals surface area contributed by atoms with E-state index in [1.165, 1.54) is 0 Å². The summed E-state index contributed by atoms with van der Waals surface area (Å²) in [5.41, 5.74) is 0. The van der Waals surface area contributed by atoms with Crippen molar-refractivity contribution in [2.75, 3.05) is 25.4 Å². The molecular weight excluding hydrogens is 212 g/mol. The molecule has 0 unspecified atom stereocenters. The molecule has 5 heteroatoms. The fourth-order valence-electron chi connectivity index (χ4n) is 1.35. The molecule has 1 N–H and O–H groups in total. The van der Waals surface area contributed by atoms with E-state index in [0.29, 0.717) is 24.1 Å². The van der Waals surface area contributed by atoms with Crippen LogP contribution in [0.5, 0.6) is 0 Å². The zero-order valence-electron chi connectivity index (χ0n) is 9.28. The highest BCUT2D eigenvalue weighted by molar-refractivity contribution is 8.00. The fraction of sp³-hybridized carbons (Fsp3) is 0.800. The summed E-state index contributed by atoms with van der Waals surface area (Å²) in [4.78, 5) is 24.6. The van der Waals surface area contributed by atoms with Gasteiger partial charge in [-0.05, 0) is 11.7 Å². The minimum absolute atomic E-state index is 0.0459. The number of carbonyl (C=O) groups excluding carboxylic acids is 2. The maximum absolute atomic E-state index is 11.7. The number of rotatable bonds is 3. The topological polar surface area (TPSA) is 49.4 Å². The van der Waals surface area contributed by atoms with Gasteiger partial charge in [0.05, 0.1) is 12.3 Å². The first-order valence-electron chi connectivity index (χ1n) is 5.25. The molecule has 1 heterocycles. The molecule has 0 bridgehead atoms. The van der Waals surface area contributed by atoms with Crippen molar-refractivity contribution < 1.29 is 9.59 Å². The molecule has 1 aliphatic rings. The number of hydrogen-bond acceptors (Lipinski definition) is 3. The Hall–Kier alpha value is -0.710. The van der Waals surface area contributed by atoms with Crippen molar-refractivity contribution in [1.29, 1.82) is 0 Å².